The maximum atomic E-state index is 12.8. The number of carbonyl (C=O) groups is 2. The maximum Gasteiger partial charge on any atom is 0.434 e. The van der Waals surface area contributed by atoms with Crippen LogP contribution in [-0.4, -0.2) is 74.5 Å². The lowest BCUT2D eigenvalue weighted by molar-refractivity contribution is -0.141. The van der Waals surface area contributed by atoms with Crippen molar-refractivity contribution in [1.82, 2.24) is 25.6 Å². The fraction of sp³-hybridized carbons (Fsp3) is 0.514. The van der Waals surface area contributed by atoms with E-state index in [0.717, 1.165) is 36.4 Å². The smallest absolute Gasteiger partial charge is 0.390 e. The number of alkyl halides is 3. The highest BCUT2D eigenvalue weighted by atomic mass is 19.4. The Kier molecular flexibility index (Phi) is 12.2. The highest BCUT2D eigenvalue weighted by molar-refractivity contribution is 5.95. The summed E-state index contributed by atoms with van der Waals surface area (Å²) in [5.41, 5.74) is 6.50. The second-order valence-electron chi connectivity index (χ2n) is 12.9. The molecule has 2 aromatic heterocycles. The molecular formula is C35H43F3N6O5. The van der Waals surface area contributed by atoms with Crippen molar-refractivity contribution in [1.29, 1.82) is 0 Å². The number of benzene rings is 1. The number of pyridine rings is 1. The van der Waals surface area contributed by atoms with Gasteiger partial charge in [0.2, 0.25) is 0 Å². The van der Waals surface area contributed by atoms with E-state index in [2.05, 4.69) is 25.6 Å². The minimum absolute atomic E-state index is 0.0274. The van der Waals surface area contributed by atoms with E-state index in [0.29, 0.717) is 36.0 Å². The second kappa shape index (κ2) is 16.5. The zero-order valence-corrected chi connectivity index (χ0v) is 27.1. The molecule has 6 N–H and O–H groups in total. The number of amides is 2. The third-order valence-electron chi connectivity index (χ3n) is 9.57. The third-order valence-corrected chi connectivity index (χ3v) is 9.57. The van der Waals surface area contributed by atoms with Gasteiger partial charge < -0.3 is 31.3 Å². The molecule has 2 aliphatic carbocycles. The van der Waals surface area contributed by atoms with Gasteiger partial charge in [0.1, 0.15) is 18.0 Å². The van der Waals surface area contributed by atoms with Crippen LogP contribution in [0, 0.1) is 11.8 Å². The molecule has 3 fully saturated rings. The van der Waals surface area contributed by atoms with Crippen LogP contribution in [0.2, 0.25) is 0 Å². The van der Waals surface area contributed by atoms with Crippen molar-refractivity contribution in [2.24, 2.45) is 11.8 Å². The minimum atomic E-state index is -4.47. The van der Waals surface area contributed by atoms with Crippen LogP contribution in [0.5, 0.6) is 0 Å². The summed E-state index contributed by atoms with van der Waals surface area (Å²) >= 11 is 0. The summed E-state index contributed by atoms with van der Waals surface area (Å²) in [4.78, 5) is 36.0. The molecule has 0 spiro atoms. The summed E-state index contributed by atoms with van der Waals surface area (Å²) in [6.07, 6.45) is 6.75. The number of halogens is 3. The van der Waals surface area contributed by atoms with Gasteiger partial charge in [-0.05, 0) is 68.2 Å². The normalized spacial score (nSPS) is 24.4. The van der Waals surface area contributed by atoms with Gasteiger partial charge in [0.15, 0.2) is 5.69 Å². The Morgan fingerprint density at radius 2 is 1.53 bits per heavy atom. The number of aliphatic hydroxyl groups is 2. The molecule has 3 atom stereocenters. The number of rotatable bonds is 7. The molecule has 14 heteroatoms. The number of anilines is 1. The number of nitrogens with two attached hydrogens (primary N) is 1. The fourth-order valence-electron chi connectivity index (χ4n) is 6.77. The molecule has 0 bridgehead atoms. The first-order valence-corrected chi connectivity index (χ1v) is 16.8. The highest BCUT2D eigenvalue weighted by Gasteiger charge is 2.33. The lowest BCUT2D eigenvalue weighted by Gasteiger charge is -2.32. The average molecular weight is 685 g/mol. The number of hydrogen-bond acceptors (Lipinski definition) is 9. The van der Waals surface area contributed by atoms with E-state index in [1.54, 1.807) is 12.1 Å². The second-order valence-corrected chi connectivity index (χ2v) is 12.9. The first-order chi connectivity index (χ1) is 23.5. The van der Waals surface area contributed by atoms with Gasteiger partial charge in [-0.3, -0.25) is 19.6 Å². The first kappa shape index (κ1) is 36.1. The molecule has 264 valence electrons. The van der Waals surface area contributed by atoms with Crippen LogP contribution in [0.3, 0.4) is 0 Å². The predicted octanol–water partition coefficient (Wildman–Crippen LogP) is 4.55. The topological polar surface area (TPSA) is 173 Å². The Hall–Kier alpha value is -4.14. The number of hydrogen-bond donors (Lipinski definition) is 5. The molecule has 0 radical (unpaired) electrons. The number of ether oxygens (including phenoxy) is 1. The van der Waals surface area contributed by atoms with Crippen LogP contribution in [0.15, 0.2) is 55.0 Å². The standard InChI is InChI=1S/C30H39N3O5.C5H4F3N3/c34-26-15-16-38-27(28(26)35)18-32-29(36)23-11-14-25(31-17-23)21-5-7-22(8-6-21)30(37)33-24-12-9-20(10-13-24)19-3-1-2-4-19;6-5(7,8)3-1-10-2-4(9)11-3/h5-8,11,14,17,19-20,24,26-28,34-35H,1-4,9-10,12-13,15-16,18H2,(H,32,36)(H,33,37);1-2H,(H2,9,11). The highest BCUT2D eigenvalue weighted by Crippen LogP contribution is 2.39. The average Bonchev–Trinajstić information content (AvgIpc) is 3.65. The number of aromatic nitrogens is 3. The van der Waals surface area contributed by atoms with Gasteiger partial charge in [-0.1, -0.05) is 37.8 Å². The van der Waals surface area contributed by atoms with E-state index in [9.17, 15) is 33.0 Å². The summed E-state index contributed by atoms with van der Waals surface area (Å²) in [5.74, 6) is 1.17. The van der Waals surface area contributed by atoms with Crippen molar-refractivity contribution < 1.29 is 37.7 Å². The summed E-state index contributed by atoms with van der Waals surface area (Å²) in [5, 5.41) is 25.7. The molecule has 1 aliphatic heterocycles. The monoisotopic (exact) mass is 684 g/mol. The summed E-state index contributed by atoms with van der Waals surface area (Å²) < 4.78 is 40.9. The quantitative estimate of drug-likeness (QED) is 0.240. The van der Waals surface area contributed by atoms with Crippen molar-refractivity contribution >= 4 is 17.6 Å². The molecule has 3 aliphatic rings. The Morgan fingerprint density at radius 1 is 0.857 bits per heavy atom. The van der Waals surface area contributed by atoms with E-state index < -0.39 is 30.2 Å². The Bertz CT molecular complexity index is 1530. The molecule has 3 aromatic rings. The van der Waals surface area contributed by atoms with E-state index in [1.165, 1.54) is 44.7 Å². The van der Waals surface area contributed by atoms with Crippen LogP contribution < -0.4 is 16.4 Å². The SMILES string of the molecule is Nc1cncc(C(F)(F)F)n1.O=C(NCC1OCCC(O)C1O)c1ccc(-c2ccc(C(=O)NC3CCC(C4CCCC4)CC3)cc2)nc1. The first-order valence-electron chi connectivity index (χ1n) is 16.8. The molecule has 1 aromatic carbocycles. The summed E-state index contributed by atoms with van der Waals surface area (Å²) in [7, 11) is 0. The van der Waals surface area contributed by atoms with Gasteiger partial charge in [-0.2, -0.15) is 13.2 Å². The lowest BCUT2D eigenvalue weighted by atomic mass is 9.77. The molecule has 3 heterocycles. The number of aliphatic hydroxyl groups excluding tert-OH is 2. The van der Waals surface area contributed by atoms with Crippen LogP contribution in [0.25, 0.3) is 11.3 Å². The predicted molar refractivity (Wildman–Crippen MR) is 175 cm³/mol. The largest absolute Gasteiger partial charge is 0.434 e. The summed E-state index contributed by atoms with van der Waals surface area (Å²) in [6, 6.07) is 11.1. The van der Waals surface area contributed by atoms with Crippen LogP contribution in [0.4, 0.5) is 19.0 Å². The number of nitrogens with zero attached hydrogens (tertiary/aromatic N) is 3. The van der Waals surface area contributed by atoms with Crippen molar-refractivity contribution in [3.8, 4) is 11.3 Å². The maximum absolute atomic E-state index is 12.8. The van der Waals surface area contributed by atoms with E-state index in [4.69, 9.17) is 10.5 Å². The molecule has 2 saturated carbocycles. The molecule has 1 saturated heterocycles. The zero-order valence-electron chi connectivity index (χ0n) is 27.1. The molecule has 2 amide bonds. The van der Waals surface area contributed by atoms with Crippen molar-refractivity contribution in [3.05, 3.63) is 71.8 Å². The van der Waals surface area contributed by atoms with Gasteiger partial charge in [-0.15, -0.1) is 0 Å². The van der Waals surface area contributed by atoms with Crippen molar-refractivity contribution in [2.75, 3.05) is 18.9 Å². The van der Waals surface area contributed by atoms with Crippen molar-refractivity contribution in [2.45, 2.75) is 88.3 Å². The molecule has 11 nitrogen and oxygen atoms in total. The molecule has 49 heavy (non-hydrogen) atoms. The van der Waals surface area contributed by atoms with Gasteiger partial charge in [-0.25, -0.2) is 4.98 Å². The van der Waals surface area contributed by atoms with Gasteiger partial charge in [0.25, 0.3) is 11.8 Å². The minimum Gasteiger partial charge on any atom is -0.390 e. The molecular weight excluding hydrogens is 641 g/mol. The van der Waals surface area contributed by atoms with E-state index >= 15 is 0 Å². The van der Waals surface area contributed by atoms with Crippen LogP contribution in [0.1, 0.15) is 84.2 Å². The number of nitrogen functional groups attached to an aromatic ring is 1. The lowest BCUT2D eigenvalue weighted by Crippen LogP contribution is -2.49. The van der Waals surface area contributed by atoms with Gasteiger partial charge >= 0.3 is 6.18 Å². The Labute approximate surface area is 282 Å². The van der Waals surface area contributed by atoms with Crippen LogP contribution >= 0.6 is 0 Å². The van der Waals surface area contributed by atoms with E-state index in [-0.39, 0.29) is 30.2 Å². The van der Waals surface area contributed by atoms with Crippen molar-refractivity contribution in [3.63, 3.8) is 0 Å². The van der Waals surface area contributed by atoms with Gasteiger partial charge in [0.05, 0.1) is 29.8 Å². The third kappa shape index (κ3) is 9.96. The molecule has 3 unspecified atom stereocenters. The van der Waals surface area contributed by atoms with Crippen LogP contribution in [-0.2, 0) is 10.9 Å². The zero-order chi connectivity index (χ0) is 35.0. The summed E-state index contributed by atoms with van der Waals surface area (Å²) in [6.45, 7) is 0.446. The number of nitrogens with one attached hydrogen (secondary N) is 2. The number of carbonyl (C=O) groups excluding carboxylic acids is 2. The fourth-order valence-corrected chi connectivity index (χ4v) is 6.77. The molecule has 6 rings (SSSR count). The van der Waals surface area contributed by atoms with Gasteiger partial charge in [0, 0.05) is 36.5 Å². The van der Waals surface area contributed by atoms with E-state index in [1.807, 2.05) is 24.3 Å². The Morgan fingerprint density at radius 3 is 2.14 bits per heavy atom. The Balaban J connectivity index is 0.000000363.